The smallest absolute Gasteiger partial charge is 0.313 e. The van der Waals surface area contributed by atoms with Crippen LogP contribution >= 0.6 is 11.6 Å². The number of rotatable bonds is 4. The third-order valence-corrected chi connectivity index (χ3v) is 3.04. The second kappa shape index (κ2) is 6.92. The molecule has 2 amide bonds. The van der Waals surface area contributed by atoms with Crippen molar-refractivity contribution in [3.63, 3.8) is 0 Å². The lowest BCUT2D eigenvalue weighted by Crippen LogP contribution is -2.37. The molecule has 0 bridgehead atoms. The number of aliphatic hydroxyl groups excluding tert-OH is 1. The average molecular weight is 309 g/mol. The number of halogens is 1. The fraction of sp³-hybridized carbons (Fsp3) is 0.143. The van der Waals surface area contributed by atoms with Crippen molar-refractivity contribution in [2.45, 2.75) is 6.10 Å². The van der Waals surface area contributed by atoms with Gasteiger partial charge in [-0.05, 0) is 18.2 Å². The molecule has 2 rings (SSSR count). The Kier molecular flexibility index (Phi) is 4.97. The van der Waals surface area contributed by atoms with E-state index in [2.05, 4.69) is 10.6 Å². The van der Waals surface area contributed by atoms with Gasteiger partial charge in [-0.15, -0.1) is 0 Å². The van der Waals surface area contributed by atoms with E-state index in [1.54, 1.807) is 30.3 Å². The molecular formula is C14H13ClN2O4. The molecule has 110 valence electrons. The van der Waals surface area contributed by atoms with E-state index in [1.807, 2.05) is 0 Å². The van der Waals surface area contributed by atoms with Crippen LogP contribution in [0.15, 0.2) is 47.3 Å². The lowest BCUT2D eigenvalue weighted by Gasteiger charge is -2.10. The summed E-state index contributed by atoms with van der Waals surface area (Å²) in [6, 6.07) is 8.13. The molecule has 6 nitrogen and oxygen atoms in total. The van der Waals surface area contributed by atoms with Gasteiger partial charge in [0.1, 0.15) is 0 Å². The molecule has 0 unspecified atom stereocenters. The van der Waals surface area contributed by atoms with Gasteiger partial charge in [0.05, 0.1) is 29.3 Å². The summed E-state index contributed by atoms with van der Waals surface area (Å²) in [5.41, 5.74) is 0.858. The number of carbonyl (C=O) groups excluding carboxylic acids is 2. The highest BCUT2D eigenvalue weighted by Crippen LogP contribution is 2.20. The lowest BCUT2D eigenvalue weighted by atomic mass is 10.2. The third kappa shape index (κ3) is 4.08. The fourth-order valence-electron chi connectivity index (χ4n) is 1.59. The molecular weight excluding hydrogens is 296 g/mol. The minimum atomic E-state index is -0.944. The molecule has 0 aliphatic heterocycles. The van der Waals surface area contributed by atoms with Crippen LogP contribution in [0.1, 0.15) is 11.7 Å². The minimum absolute atomic E-state index is 0.103. The average Bonchev–Trinajstić information content (AvgIpc) is 3.01. The summed E-state index contributed by atoms with van der Waals surface area (Å²) in [5.74, 6) is -1.72. The van der Waals surface area contributed by atoms with Crippen LogP contribution in [0.2, 0.25) is 5.02 Å². The number of hydrogen-bond acceptors (Lipinski definition) is 4. The quantitative estimate of drug-likeness (QED) is 0.750. The zero-order valence-electron chi connectivity index (χ0n) is 10.9. The maximum Gasteiger partial charge on any atom is 0.313 e. The molecule has 0 aliphatic rings. The van der Waals surface area contributed by atoms with E-state index in [0.29, 0.717) is 16.3 Å². The summed E-state index contributed by atoms with van der Waals surface area (Å²) in [6.45, 7) is -0.103. The number of anilines is 1. The molecule has 1 heterocycles. The molecule has 0 aliphatic carbocycles. The molecule has 0 fully saturated rings. The van der Waals surface area contributed by atoms with E-state index < -0.39 is 17.9 Å². The van der Waals surface area contributed by atoms with Crippen molar-refractivity contribution in [3.8, 4) is 0 Å². The van der Waals surface area contributed by atoms with Crippen molar-refractivity contribution in [2.24, 2.45) is 0 Å². The van der Waals surface area contributed by atoms with Gasteiger partial charge in [0.2, 0.25) is 0 Å². The van der Waals surface area contributed by atoms with Crippen molar-refractivity contribution in [1.29, 1.82) is 0 Å². The van der Waals surface area contributed by atoms with E-state index in [1.165, 1.54) is 12.5 Å². The third-order valence-electron chi connectivity index (χ3n) is 2.71. The molecule has 2 aromatic rings. The van der Waals surface area contributed by atoms with E-state index in [9.17, 15) is 14.7 Å². The van der Waals surface area contributed by atoms with Crippen LogP contribution in [-0.2, 0) is 9.59 Å². The summed E-state index contributed by atoms with van der Waals surface area (Å²) >= 11 is 5.87. The normalized spacial score (nSPS) is 11.7. The van der Waals surface area contributed by atoms with Gasteiger partial charge in [-0.2, -0.15) is 0 Å². The van der Waals surface area contributed by atoms with E-state index >= 15 is 0 Å². The van der Waals surface area contributed by atoms with Gasteiger partial charge < -0.3 is 20.2 Å². The highest BCUT2D eigenvalue weighted by Gasteiger charge is 2.17. The highest BCUT2D eigenvalue weighted by atomic mass is 35.5. The van der Waals surface area contributed by atoms with Gasteiger partial charge in [0.25, 0.3) is 0 Å². The van der Waals surface area contributed by atoms with Gasteiger partial charge >= 0.3 is 11.8 Å². The lowest BCUT2D eigenvalue weighted by molar-refractivity contribution is -0.136. The zero-order valence-corrected chi connectivity index (χ0v) is 11.6. The number of benzene rings is 1. The van der Waals surface area contributed by atoms with Gasteiger partial charge in [-0.3, -0.25) is 9.59 Å². The Morgan fingerprint density at radius 2 is 2.00 bits per heavy atom. The Labute approximate surface area is 125 Å². The van der Waals surface area contributed by atoms with Gasteiger partial charge in [0, 0.05) is 12.1 Å². The summed E-state index contributed by atoms with van der Waals surface area (Å²) in [5, 5.41) is 14.8. The van der Waals surface area contributed by atoms with Crippen molar-refractivity contribution in [1.82, 2.24) is 5.32 Å². The van der Waals surface area contributed by atoms with Crippen molar-refractivity contribution >= 4 is 29.1 Å². The highest BCUT2D eigenvalue weighted by molar-refractivity contribution is 6.41. The molecule has 0 saturated carbocycles. The van der Waals surface area contributed by atoms with Crippen molar-refractivity contribution in [3.05, 3.63) is 53.4 Å². The Balaban J connectivity index is 1.86. The van der Waals surface area contributed by atoms with Crippen molar-refractivity contribution in [2.75, 3.05) is 11.9 Å². The Morgan fingerprint density at radius 1 is 1.24 bits per heavy atom. The summed E-state index contributed by atoms with van der Waals surface area (Å²) in [6.07, 6.45) is 1.83. The van der Waals surface area contributed by atoms with Gasteiger partial charge in [0.15, 0.2) is 0 Å². The van der Waals surface area contributed by atoms with Gasteiger partial charge in [-0.25, -0.2) is 0 Å². The first-order chi connectivity index (χ1) is 10.1. The van der Waals surface area contributed by atoms with Crippen LogP contribution in [0.25, 0.3) is 0 Å². The first-order valence-corrected chi connectivity index (χ1v) is 6.49. The Morgan fingerprint density at radius 3 is 2.67 bits per heavy atom. The number of nitrogens with one attached hydrogen (secondary N) is 2. The Hall–Kier alpha value is -2.31. The number of aliphatic hydroxyl groups is 1. The predicted molar refractivity (Wildman–Crippen MR) is 76.8 cm³/mol. The number of carbonyl (C=O) groups is 2. The molecule has 0 saturated heterocycles. The predicted octanol–water partition coefficient (Wildman–Crippen LogP) is 1.72. The molecule has 0 radical (unpaired) electrons. The molecule has 0 spiro atoms. The Bertz CT molecular complexity index is 628. The zero-order chi connectivity index (χ0) is 15.2. The van der Waals surface area contributed by atoms with E-state index in [-0.39, 0.29) is 6.54 Å². The number of amides is 2. The van der Waals surface area contributed by atoms with E-state index in [0.717, 1.165) is 0 Å². The van der Waals surface area contributed by atoms with Crippen LogP contribution in [0.4, 0.5) is 5.69 Å². The van der Waals surface area contributed by atoms with Crippen molar-refractivity contribution < 1.29 is 19.1 Å². The largest absolute Gasteiger partial charge is 0.472 e. The monoisotopic (exact) mass is 308 g/mol. The second-order valence-corrected chi connectivity index (χ2v) is 4.62. The van der Waals surface area contributed by atoms with Crippen LogP contribution in [0.3, 0.4) is 0 Å². The second-order valence-electron chi connectivity index (χ2n) is 4.22. The topological polar surface area (TPSA) is 91.6 Å². The van der Waals surface area contributed by atoms with Crippen LogP contribution in [-0.4, -0.2) is 23.5 Å². The first-order valence-electron chi connectivity index (χ1n) is 6.12. The standard InChI is InChI=1S/C14H13ClN2O4/c15-10-3-1-2-4-11(10)17-14(20)13(19)16-7-12(18)9-5-6-21-8-9/h1-6,8,12,18H,7H2,(H,16,19)(H,17,20)/t12-/m0/s1. The summed E-state index contributed by atoms with van der Waals surface area (Å²) < 4.78 is 4.82. The first kappa shape index (κ1) is 15.1. The van der Waals surface area contributed by atoms with Gasteiger partial charge in [-0.1, -0.05) is 23.7 Å². The molecule has 3 N–H and O–H groups in total. The number of hydrogen-bond donors (Lipinski definition) is 3. The molecule has 1 atom stereocenters. The van der Waals surface area contributed by atoms with Crippen LogP contribution in [0.5, 0.6) is 0 Å². The molecule has 1 aromatic carbocycles. The molecule has 1 aromatic heterocycles. The van der Waals surface area contributed by atoms with Crippen LogP contribution in [0, 0.1) is 0 Å². The fourth-order valence-corrected chi connectivity index (χ4v) is 1.78. The minimum Gasteiger partial charge on any atom is -0.472 e. The maximum atomic E-state index is 11.7. The molecule has 7 heteroatoms. The SMILES string of the molecule is O=C(NC[C@H](O)c1ccoc1)C(=O)Nc1ccccc1Cl. The molecule has 21 heavy (non-hydrogen) atoms. The maximum absolute atomic E-state index is 11.7. The summed E-state index contributed by atoms with van der Waals surface area (Å²) in [7, 11) is 0. The van der Waals surface area contributed by atoms with Crippen LogP contribution < -0.4 is 10.6 Å². The summed E-state index contributed by atoms with van der Waals surface area (Å²) in [4.78, 5) is 23.3. The van der Waals surface area contributed by atoms with E-state index in [4.69, 9.17) is 16.0 Å². The number of furan rings is 1. The number of para-hydroxylation sites is 1.